The number of hydrogen-bond acceptors (Lipinski definition) is 5. The van der Waals surface area contributed by atoms with Crippen molar-refractivity contribution in [2.24, 2.45) is 0 Å². The highest BCUT2D eigenvalue weighted by Gasteiger charge is 2.30. The van der Waals surface area contributed by atoms with Gasteiger partial charge < -0.3 is 4.74 Å². The molecule has 0 unspecified atom stereocenters. The zero-order valence-electron chi connectivity index (χ0n) is 14.5. The Kier molecular flexibility index (Phi) is 4.38. The predicted molar refractivity (Wildman–Crippen MR) is 106 cm³/mol. The Morgan fingerprint density at radius 1 is 1.11 bits per heavy atom. The maximum Gasteiger partial charge on any atom is 0.264 e. The Bertz CT molecular complexity index is 1140. The van der Waals surface area contributed by atoms with Gasteiger partial charge in [-0.1, -0.05) is 17.7 Å². The SMILES string of the molecule is Cc1ccc(S(=O)(=O)N2CCOc3ccc(-c4ccc(C#N)s4)cc32)cc1. The first kappa shape index (κ1) is 17.6. The molecule has 0 bridgehead atoms. The van der Waals surface area contributed by atoms with Gasteiger partial charge in [-0.2, -0.15) is 5.26 Å². The van der Waals surface area contributed by atoms with Gasteiger partial charge in [0.25, 0.3) is 10.0 Å². The van der Waals surface area contributed by atoms with Gasteiger partial charge in [-0.05, 0) is 55.0 Å². The lowest BCUT2D eigenvalue weighted by molar-refractivity contribution is 0.316. The average Bonchev–Trinajstić information content (AvgIpc) is 3.16. The van der Waals surface area contributed by atoms with Crippen molar-refractivity contribution in [3.63, 3.8) is 0 Å². The Labute approximate surface area is 162 Å². The summed E-state index contributed by atoms with van der Waals surface area (Å²) in [5.41, 5.74) is 2.38. The van der Waals surface area contributed by atoms with Crippen LogP contribution in [0.4, 0.5) is 5.69 Å². The summed E-state index contributed by atoms with van der Waals surface area (Å²) in [5, 5.41) is 9.04. The van der Waals surface area contributed by atoms with Gasteiger partial charge in [0.1, 0.15) is 23.3 Å². The van der Waals surface area contributed by atoms with E-state index >= 15 is 0 Å². The number of thiophene rings is 1. The first-order chi connectivity index (χ1) is 13.0. The Morgan fingerprint density at radius 2 is 1.89 bits per heavy atom. The highest BCUT2D eigenvalue weighted by molar-refractivity contribution is 7.92. The minimum atomic E-state index is -3.69. The largest absolute Gasteiger partial charge is 0.489 e. The quantitative estimate of drug-likeness (QED) is 0.666. The van der Waals surface area contributed by atoms with Gasteiger partial charge in [0.15, 0.2) is 0 Å². The maximum atomic E-state index is 13.2. The van der Waals surface area contributed by atoms with Crippen molar-refractivity contribution in [3.8, 4) is 22.3 Å². The molecule has 7 heteroatoms. The van der Waals surface area contributed by atoms with Gasteiger partial charge in [-0.25, -0.2) is 8.42 Å². The van der Waals surface area contributed by atoms with E-state index in [1.807, 2.05) is 25.1 Å². The van der Waals surface area contributed by atoms with E-state index < -0.39 is 10.0 Å². The average molecular weight is 396 g/mol. The summed E-state index contributed by atoms with van der Waals surface area (Å²) in [7, 11) is -3.69. The molecule has 2 heterocycles. The van der Waals surface area contributed by atoms with Crippen molar-refractivity contribution in [3.05, 3.63) is 65.0 Å². The van der Waals surface area contributed by atoms with Crippen LogP contribution in [0.1, 0.15) is 10.4 Å². The van der Waals surface area contributed by atoms with E-state index in [2.05, 4.69) is 6.07 Å². The summed E-state index contributed by atoms with van der Waals surface area (Å²) in [6.45, 7) is 2.47. The number of nitriles is 1. The highest BCUT2D eigenvalue weighted by Crippen LogP contribution is 2.39. The molecule has 0 spiro atoms. The van der Waals surface area contributed by atoms with Crippen LogP contribution in [0.25, 0.3) is 10.4 Å². The smallest absolute Gasteiger partial charge is 0.264 e. The summed E-state index contributed by atoms with van der Waals surface area (Å²) < 4.78 is 33.4. The molecule has 4 rings (SSSR count). The third kappa shape index (κ3) is 3.18. The minimum absolute atomic E-state index is 0.251. The molecular weight excluding hydrogens is 380 g/mol. The van der Waals surface area contributed by atoms with Crippen molar-refractivity contribution in [2.45, 2.75) is 11.8 Å². The van der Waals surface area contributed by atoms with Gasteiger partial charge >= 0.3 is 0 Å². The number of rotatable bonds is 3. The van der Waals surface area contributed by atoms with Crippen LogP contribution in [0.5, 0.6) is 5.75 Å². The van der Waals surface area contributed by atoms with Gasteiger partial charge in [0.2, 0.25) is 0 Å². The molecule has 1 aliphatic heterocycles. The van der Waals surface area contributed by atoms with Crippen molar-refractivity contribution in [2.75, 3.05) is 17.5 Å². The van der Waals surface area contributed by atoms with E-state index in [1.165, 1.54) is 15.6 Å². The molecule has 0 N–H and O–H groups in total. The van der Waals surface area contributed by atoms with Crippen molar-refractivity contribution < 1.29 is 13.2 Å². The molecule has 0 atom stereocenters. The molecule has 0 saturated heterocycles. The zero-order chi connectivity index (χ0) is 19.0. The highest BCUT2D eigenvalue weighted by atomic mass is 32.2. The number of sulfonamides is 1. The first-order valence-electron chi connectivity index (χ1n) is 8.35. The second-order valence-electron chi connectivity index (χ2n) is 6.20. The van der Waals surface area contributed by atoms with Crippen LogP contribution in [0.3, 0.4) is 0 Å². The van der Waals surface area contributed by atoms with E-state index in [9.17, 15) is 8.42 Å². The number of nitrogens with zero attached hydrogens (tertiary/aromatic N) is 2. The molecule has 0 amide bonds. The number of benzene rings is 2. The number of fused-ring (bicyclic) bond motifs is 1. The maximum absolute atomic E-state index is 13.2. The van der Waals surface area contributed by atoms with Crippen LogP contribution in [-0.2, 0) is 10.0 Å². The van der Waals surface area contributed by atoms with E-state index in [0.29, 0.717) is 22.9 Å². The molecule has 1 aliphatic rings. The van der Waals surface area contributed by atoms with E-state index in [-0.39, 0.29) is 11.4 Å². The standard InChI is InChI=1S/C20H16N2O3S2/c1-14-2-6-17(7-3-14)27(23,24)22-10-11-25-19-8-4-15(12-18(19)22)20-9-5-16(13-21)26-20/h2-9,12H,10-11H2,1H3. The van der Waals surface area contributed by atoms with E-state index in [0.717, 1.165) is 16.0 Å². The topological polar surface area (TPSA) is 70.4 Å². The second kappa shape index (κ2) is 6.72. The lowest BCUT2D eigenvalue weighted by Crippen LogP contribution is -2.37. The Balaban J connectivity index is 1.79. The molecule has 3 aromatic rings. The first-order valence-corrected chi connectivity index (χ1v) is 10.6. The normalized spacial score (nSPS) is 13.6. The third-order valence-electron chi connectivity index (χ3n) is 4.39. The lowest BCUT2D eigenvalue weighted by Gasteiger charge is -2.30. The predicted octanol–water partition coefficient (Wildman–Crippen LogP) is 4.18. The summed E-state index contributed by atoms with van der Waals surface area (Å²) in [6.07, 6.45) is 0. The number of anilines is 1. The van der Waals surface area contributed by atoms with Crippen LogP contribution < -0.4 is 9.04 Å². The zero-order valence-corrected chi connectivity index (χ0v) is 16.2. The van der Waals surface area contributed by atoms with Gasteiger partial charge in [-0.15, -0.1) is 11.3 Å². The van der Waals surface area contributed by atoms with Crippen molar-refractivity contribution >= 4 is 27.0 Å². The van der Waals surface area contributed by atoms with E-state index in [4.69, 9.17) is 10.00 Å². The summed E-state index contributed by atoms with van der Waals surface area (Å²) in [6, 6.07) is 18.1. The molecule has 0 radical (unpaired) electrons. The molecule has 0 aliphatic carbocycles. The monoisotopic (exact) mass is 396 g/mol. The van der Waals surface area contributed by atoms with Crippen molar-refractivity contribution in [1.29, 1.82) is 5.26 Å². The minimum Gasteiger partial charge on any atom is -0.489 e. The summed E-state index contributed by atoms with van der Waals surface area (Å²) in [5.74, 6) is 0.540. The molecule has 0 saturated carbocycles. The molecule has 1 aromatic heterocycles. The van der Waals surface area contributed by atoms with Crippen molar-refractivity contribution in [1.82, 2.24) is 0 Å². The molecule has 0 fully saturated rings. The fraction of sp³-hybridized carbons (Fsp3) is 0.150. The fourth-order valence-corrected chi connectivity index (χ4v) is 5.24. The van der Waals surface area contributed by atoms with Gasteiger partial charge in [0.05, 0.1) is 17.1 Å². The molecular formula is C20H16N2O3S2. The van der Waals surface area contributed by atoms with E-state index in [1.54, 1.807) is 36.4 Å². The van der Waals surface area contributed by atoms with Crippen LogP contribution in [0.15, 0.2) is 59.5 Å². The molecule has 136 valence electrons. The van der Waals surface area contributed by atoms with Crippen LogP contribution >= 0.6 is 11.3 Å². The lowest BCUT2D eigenvalue weighted by atomic mass is 10.1. The number of ether oxygens (including phenoxy) is 1. The second-order valence-corrected chi connectivity index (χ2v) is 9.14. The Morgan fingerprint density at radius 3 is 2.59 bits per heavy atom. The van der Waals surface area contributed by atoms with Gasteiger partial charge in [0, 0.05) is 4.88 Å². The van der Waals surface area contributed by atoms with Crippen LogP contribution in [-0.4, -0.2) is 21.6 Å². The summed E-state index contributed by atoms with van der Waals surface area (Å²) >= 11 is 1.37. The number of aryl methyl sites for hydroxylation is 1. The molecule has 2 aromatic carbocycles. The van der Waals surface area contributed by atoms with Crippen LogP contribution in [0.2, 0.25) is 0 Å². The third-order valence-corrected chi connectivity index (χ3v) is 7.26. The summed E-state index contributed by atoms with van der Waals surface area (Å²) in [4.78, 5) is 1.78. The fourth-order valence-electron chi connectivity index (χ4n) is 2.99. The van der Waals surface area contributed by atoms with Crippen LogP contribution in [0, 0.1) is 18.3 Å². The Hall–Kier alpha value is -2.82. The number of hydrogen-bond donors (Lipinski definition) is 0. The molecule has 27 heavy (non-hydrogen) atoms. The molecule has 5 nitrogen and oxygen atoms in total. The van der Waals surface area contributed by atoms with Gasteiger partial charge in [-0.3, -0.25) is 4.31 Å².